The number of pyridine rings is 2. The highest BCUT2D eigenvalue weighted by Gasteiger charge is 2.28. The highest BCUT2D eigenvalue weighted by atomic mass is 35.5. The fourth-order valence-electron chi connectivity index (χ4n) is 4.15. The van der Waals surface area contributed by atoms with Crippen molar-refractivity contribution >= 4 is 22.5 Å². The summed E-state index contributed by atoms with van der Waals surface area (Å²) in [7, 11) is 0. The first kappa shape index (κ1) is 18.9. The second-order valence-corrected chi connectivity index (χ2v) is 7.97. The molecular weight excluding hydrogens is 400 g/mol. The van der Waals surface area contributed by atoms with Crippen molar-refractivity contribution in [2.24, 2.45) is 0 Å². The van der Waals surface area contributed by atoms with E-state index in [-0.39, 0.29) is 11.6 Å². The lowest BCUT2D eigenvalue weighted by Gasteiger charge is -2.20. The fourth-order valence-corrected chi connectivity index (χ4v) is 4.28. The predicted octanol–water partition coefficient (Wildman–Crippen LogP) is 4.26. The van der Waals surface area contributed by atoms with E-state index >= 15 is 0 Å². The summed E-state index contributed by atoms with van der Waals surface area (Å²) < 4.78 is 1.73. The molecule has 1 fully saturated rings. The van der Waals surface area contributed by atoms with Gasteiger partial charge in [0.25, 0.3) is 5.56 Å². The summed E-state index contributed by atoms with van der Waals surface area (Å²) in [6.07, 6.45) is 6.57. The Morgan fingerprint density at radius 1 is 1.03 bits per heavy atom. The number of nitrogens with zero attached hydrogens (tertiary/aromatic N) is 4. The number of fused-ring (bicyclic) bond motifs is 1. The molecule has 1 N–H and O–H groups in total. The highest BCUT2D eigenvalue weighted by Crippen LogP contribution is 2.34. The van der Waals surface area contributed by atoms with Crippen molar-refractivity contribution in [1.82, 2.24) is 19.5 Å². The maximum Gasteiger partial charge on any atom is 0.262 e. The summed E-state index contributed by atoms with van der Waals surface area (Å²) >= 11 is 6.08. The Hall–Kier alpha value is -3.09. The molecule has 0 bridgehead atoms. The summed E-state index contributed by atoms with van der Waals surface area (Å²) in [6.45, 7) is 0. The van der Waals surface area contributed by atoms with Gasteiger partial charge in [-0.15, -0.1) is 0 Å². The zero-order chi connectivity index (χ0) is 20.7. The molecule has 0 saturated heterocycles. The van der Waals surface area contributed by atoms with Gasteiger partial charge in [0.2, 0.25) is 0 Å². The molecule has 4 aromatic rings. The van der Waals surface area contributed by atoms with Crippen LogP contribution in [0.5, 0.6) is 0 Å². The number of aliphatic hydroxyl groups excluding tert-OH is 1. The van der Waals surface area contributed by atoms with Gasteiger partial charge < -0.3 is 5.11 Å². The third kappa shape index (κ3) is 3.28. The topological polar surface area (TPSA) is 80.9 Å². The fraction of sp³-hybridized carbons (Fsp3) is 0.217. The van der Waals surface area contributed by atoms with Crippen molar-refractivity contribution in [3.8, 4) is 22.6 Å². The summed E-state index contributed by atoms with van der Waals surface area (Å²) in [5, 5.41) is 11.2. The first-order chi connectivity index (χ1) is 14.6. The lowest BCUT2D eigenvalue weighted by Crippen LogP contribution is -2.27. The van der Waals surface area contributed by atoms with Crippen molar-refractivity contribution in [2.45, 2.75) is 31.4 Å². The van der Waals surface area contributed by atoms with E-state index in [2.05, 4.69) is 9.97 Å². The van der Waals surface area contributed by atoms with Gasteiger partial charge in [-0.05, 0) is 61.7 Å². The largest absolute Gasteiger partial charge is 0.393 e. The Morgan fingerprint density at radius 2 is 1.87 bits per heavy atom. The SMILES string of the molecule is O=c1c2ccnc(-c3cccnc3)c2nc(-c2ccc(Cl)cc2)n1[C@H]1CC[C@@H](O)C1. The summed E-state index contributed by atoms with van der Waals surface area (Å²) in [5.41, 5.74) is 2.62. The molecule has 3 aromatic heterocycles. The van der Waals surface area contributed by atoms with E-state index < -0.39 is 6.10 Å². The molecule has 0 radical (unpaired) electrons. The number of rotatable bonds is 3. The van der Waals surface area contributed by atoms with Crippen LogP contribution in [-0.4, -0.2) is 30.7 Å². The van der Waals surface area contributed by atoms with Gasteiger partial charge in [0.1, 0.15) is 11.3 Å². The van der Waals surface area contributed by atoms with E-state index in [0.29, 0.717) is 40.3 Å². The van der Waals surface area contributed by atoms with E-state index in [1.807, 2.05) is 24.3 Å². The van der Waals surface area contributed by atoms with Crippen LogP contribution in [0.25, 0.3) is 33.5 Å². The predicted molar refractivity (Wildman–Crippen MR) is 116 cm³/mol. The van der Waals surface area contributed by atoms with Gasteiger partial charge in [0.15, 0.2) is 0 Å². The van der Waals surface area contributed by atoms with Gasteiger partial charge in [-0.3, -0.25) is 19.3 Å². The molecule has 0 amide bonds. The van der Waals surface area contributed by atoms with Gasteiger partial charge in [-0.2, -0.15) is 0 Å². The quantitative estimate of drug-likeness (QED) is 0.537. The zero-order valence-corrected chi connectivity index (χ0v) is 16.8. The van der Waals surface area contributed by atoms with Gasteiger partial charge in [0, 0.05) is 40.8 Å². The van der Waals surface area contributed by atoms with Crippen molar-refractivity contribution in [1.29, 1.82) is 0 Å². The number of halogens is 1. The van der Waals surface area contributed by atoms with Crippen LogP contribution in [0.1, 0.15) is 25.3 Å². The van der Waals surface area contributed by atoms with E-state index in [0.717, 1.165) is 17.5 Å². The minimum Gasteiger partial charge on any atom is -0.393 e. The molecule has 1 aliphatic carbocycles. The molecule has 0 spiro atoms. The number of aliphatic hydroxyl groups is 1. The minimum atomic E-state index is -0.404. The molecular formula is C23H19ClN4O2. The van der Waals surface area contributed by atoms with Crippen LogP contribution >= 0.6 is 11.6 Å². The first-order valence-electron chi connectivity index (χ1n) is 9.87. The highest BCUT2D eigenvalue weighted by molar-refractivity contribution is 6.30. The number of hydrogen-bond acceptors (Lipinski definition) is 5. The third-order valence-electron chi connectivity index (χ3n) is 5.60. The van der Waals surface area contributed by atoms with Crippen LogP contribution in [0.4, 0.5) is 0 Å². The molecule has 30 heavy (non-hydrogen) atoms. The standard InChI is InChI=1S/C23H19ClN4O2/c24-16-5-3-14(4-6-16)22-27-21-19(23(30)28(22)17-7-8-18(29)12-17)9-11-26-20(21)15-2-1-10-25-13-15/h1-6,9-11,13,17-18,29H,7-8,12H2/t17-,18+/m0/s1. The van der Waals surface area contributed by atoms with Crippen LogP contribution in [0.3, 0.4) is 0 Å². The van der Waals surface area contributed by atoms with E-state index in [1.165, 1.54) is 0 Å². The average Bonchev–Trinajstić information content (AvgIpc) is 3.20. The average molecular weight is 419 g/mol. The zero-order valence-electron chi connectivity index (χ0n) is 16.1. The molecule has 0 aliphatic heterocycles. The molecule has 3 heterocycles. The smallest absolute Gasteiger partial charge is 0.262 e. The van der Waals surface area contributed by atoms with Crippen molar-refractivity contribution in [3.05, 3.63) is 76.4 Å². The molecule has 1 aliphatic rings. The molecule has 6 nitrogen and oxygen atoms in total. The third-order valence-corrected chi connectivity index (χ3v) is 5.85. The molecule has 7 heteroatoms. The van der Waals surface area contributed by atoms with Crippen LogP contribution in [0.2, 0.25) is 5.02 Å². The summed E-state index contributed by atoms with van der Waals surface area (Å²) in [4.78, 5) is 27.2. The molecule has 1 aromatic carbocycles. The van der Waals surface area contributed by atoms with Crippen LogP contribution in [0, 0.1) is 0 Å². The second-order valence-electron chi connectivity index (χ2n) is 7.54. The van der Waals surface area contributed by atoms with Gasteiger partial charge in [-0.1, -0.05) is 11.6 Å². The molecule has 1 saturated carbocycles. The van der Waals surface area contributed by atoms with Gasteiger partial charge >= 0.3 is 0 Å². The maximum atomic E-state index is 13.6. The number of benzene rings is 1. The van der Waals surface area contributed by atoms with Crippen LogP contribution in [0.15, 0.2) is 65.8 Å². The van der Waals surface area contributed by atoms with Gasteiger partial charge in [-0.25, -0.2) is 4.98 Å². The maximum absolute atomic E-state index is 13.6. The van der Waals surface area contributed by atoms with E-state index in [9.17, 15) is 9.90 Å². The Morgan fingerprint density at radius 3 is 2.57 bits per heavy atom. The van der Waals surface area contributed by atoms with Crippen LogP contribution < -0.4 is 5.56 Å². The minimum absolute atomic E-state index is 0.106. The Kier molecular flexibility index (Phi) is 4.81. The lowest BCUT2D eigenvalue weighted by atomic mass is 10.1. The van der Waals surface area contributed by atoms with Crippen molar-refractivity contribution < 1.29 is 5.11 Å². The van der Waals surface area contributed by atoms with E-state index in [4.69, 9.17) is 16.6 Å². The summed E-state index contributed by atoms with van der Waals surface area (Å²) in [5.74, 6) is 0.557. The molecule has 150 valence electrons. The summed E-state index contributed by atoms with van der Waals surface area (Å²) in [6, 6.07) is 12.6. The Balaban J connectivity index is 1.82. The first-order valence-corrected chi connectivity index (χ1v) is 10.3. The Bertz CT molecular complexity index is 1270. The Labute approximate surface area is 177 Å². The molecule has 0 unspecified atom stereocenters. The monoisotopic (exact) mass is 418 g/mol. The normalized spacial score (nSPS) is 18.7. The van der Waals surface area contributed by atoms with E-state index in [1.54, 1.807) is 41.4 Å². The van der Waals surface area contributed by atoms with Crippen molar-refractivity contribution in [3.63, 3.8) is 0 Å². The number of aromatic nitrogens is 4. The number of hydrogen-bond donors (Lipinski definition) is 1. The molecule has 2 atom stereocenters. The van der Waals surface area contributed by atoms with Crippen LogP contribution in [-0.2, 0) is 0 Å². The van der Waals surface area contributed by atoms with Gasteiger partial charge in [0.05, 0.1) is 17.2 Å². The lowest BCUT2D eigenvalue weighted by molar-refractivity contribution is 0.178. The van der Waals surface area contributed by atoms with Crippen molar-refractivity contribution in [2.75, 3.05) is 0 Å². The molecule has 5 rings (SSSR count). The second kappa shape index (κ2) is 7.63.